The Kier molecular flexibility index (Phi) is 3.37. The largest absolute Gasteiger partial charge is 0.356 e. The Morgan fingerprint density at radius 3 is 3.15 bits per heavy atom. The van der Waals surface area contributed by atoms with Crippen LogP contribution in [0.2, 0.25) is 0 Å². The van der Waals surface area contributed by atoms with Gasteiger partial charge in [0.05, 0.1) is 17.0 Å². The van der Waals surface area contributed by atoms with Crippen molar-refractivity contribution in [1.29, 1.82) is 0 Å². The minimum Gasteiger partial charge on any atom is -0.356 e. The molecular weight excluding hydrogens is 254 g/mol. The molecule has 0 unspecified atom stereocenters. The van der Waals surface area contributed by atoms with Gasteiger partial charge in [-0.05, 0) is 18.6 Å². The Labute approximate surface area is 117 Å². The molecule has 2 aromatic heterocycles. The molecule has 1 aliphatic heterocycles. The van der Waals surface area contributed by atoms with Gasteiger partial charge in [0.2, 0.25) is 5.95 Å². The van der Waals surface area contributed by atoms with Gasteiger partial charge in [-0.1, -0.05) is 6.92 Å². The van der Waals surface area contributed by atoms with E-state index in [2.05, 4.69) is 32.5 Å². The van der Waals surface area contributed by atoms with Gasteiger partial charge in [0, 0.05) is 31.4 Å². The van der Waals surface area contributed by atoms with Gasteiger partial charge < -0.3 is 15.6 Å². The lowest BCUT2D eigenvalue weighted by atomic mass is 10.1. The van der Waals surface area contributed by atoms with Crippen LogP contribution < -0.4 is 10.6 Å². The molecule has 0 aromatic carbocycles. The van der Waals surface area contributed by atoms with Gasteiger partial charge in [-0.15, -0.1) is 0 Å². The fourth-order valence-electron chi connectivity index (χ4n) is 2.26. The summed E-state index contributed by atoms with van der Waals surface area (Å²) in [5.74, 6) is 0.591. The molecule has 0 radical (unpaired) electrons. The fourth-order valence-corrected chi connectivity index (χ4v) is 2.26. The zero-order chi connectivity index (χ0) is 13.9. The highest BCUT2D eigenvalue weighted by Crippen LogP contribution is 2.22. The van der Waals surface area contributed by atoms with Crippen molar-refractivity contribution in [3.63, 3.8) is 0 Å². The van der Waals surface area contributed by atoms with Gasteiger partial charge >= 0.3 is 0 Å². The first-order chi connectivity index (χ1) is 9.78. The molecule has 0 saturated carbocycles. The van der Waals surface area contributed by atoms with Gasteiger partial charge in [0.15, 0.2) is 0 Å². The molecule has 0 saturated heterocycles. The van der Waals surface area contributed by atoms with E-state index in [1.54, 1.807) is 6.20 Å². The standard InChI is InChI=1S/C14H17N5O/c1-2-5-16-14-17-7-4-11(19-14)12-8-9-10(18-12)3-6-15-13(9)20/h4,7-8,18H,2-3,5-6H2,1H3,(H,15,20)(H,16,17,19). The number of anilines is 1. The zero-order valence-corrected chi connectivity index (χ0v) is 11.4. The number of aromatic amines is 1. The van der Waals surface area contributed by atoms with E-state index in [0.29, 0.717) is 18.1 Å². The van der Waals surface area contributed by atoms with E-state index in [-0.39, 0.29) is 5.91 Å². The summed E-state index contributed by atoms with van der Waals surface area (Å²) in [6.45, 7) is 3.61. The zero-order valence-electron chi connectivity index (χ0n) is 11.4. The molecule has 6 nitrogen and oxygen atoms in total. The molecule has 1 aliphatic rings. The van der Waals surface area contributed by atoms with Crippen molar-refractivity contribution in [3.05, 3.63) is 29.6 Å². The highest BCUT2D eigenvalue weighted by molar-refractivity contribution is 5.97. The molecule has 20 heavy (non-hydrogen) atoms. The smallest absolute Gasteiger partial charge is 0.253 e. The van der Waals surface area contributed by atoms with Crippen LogP contribution in [0.25, 0.3) is 11.4 Å². The second-order valence-corrected chi connectivity index (χ2v) is 4.77. The number of carbonyl (C=O) groups excluding carboxylic acids is 1. The molecule has 3 N–H and O–H groups in total. The topological polar surface area (TPSA) is 82.7 Å². The van der Waals surface area contributed by atoms with Crippen molar-refractivity contribution in [2.45, 2.75) is 19.8 Å². The van der Waals surface area contributed by atoms with Gasteiger partial charge in [-0.25, -0.2) is 9.97 Å². The minimum atomic E-state index is -0.0212. The summed E-state index contributed by atoms with van der Waals surface area (Å²) in [4.78, 5) is 23.7. The van der Waals surface area contributed by atoms with Crippen LogP contribution in [-0.2, 0) is 6.42 Å². The molecule has 0 fully saturated rings. The highest BCUT2D eigenvalue weighted by Gasteiger charge is 2.20. The second kappa shape index (κ2) is 5.32. The van der Waals surface area contributed by atoms with Crippen LogP contribution in [0.5, 0.6) is 0 Å². The summed E-state index contributed by atoms with van der Waals surface area (Å²) in [5, 5.41) is 6.00. The number of fused-ring (bicyclic) bond motifs is 1. The number of hydrogen-bond donors (Lipinski definition) is 3. The van der Waals surface area contributed by atoms with E-state index < -0.39 is 0 Å². The Bertz CT molecular complexity index is 634. The normalized spacial score (nSPS) is 13.8. The average Bonchev–Trinajstić information content (AvgIpc) is 2.91. The first-order valence-electron chi connectivity index (χ1n) is 6.85. The van der Waals surface area contributed by atoms with E-state index in [1.807, 2.05) is 12.1 Å². The summed E-state index contributed by atoms with van der Waals surface area (Å²) in [6, 6.07) is 3.70. The van der Waals surface area contributed by atoms with E-state index in [1.165, 1.54) is 0 Å². The van der Waals surface area contributed by atoms with Crippen LogP contribution in [0, 0.1) is 0 Å². The Morgan fingerprint density at radius 1 is 1.45 bits per heavy atom. The third-order valence-electron chi connectivity index (χ3n) is 3.27. The Balaban J connectivity index is 1.91. The maximum absolute atomic E-state index is 11.8. The number of H-pyrrole nitrogens is 1. The number of nitrogens with zero attached hydrogens (tertiary/aromatic N) is 2. The number of nitrogens with one attached hydrogen (secondary N) is 3. The van der Waals surface area contributed by atoms with E-state index >= 15 is 0 Å². The van der Waals surface area contributed by atoms with Crippen LogP contribution in [0.3, 0.4) is 0 Å². The second-order valence-electron chi connectivity index (χ2n) is 4.77. The van der Waals surface area contributed by atoms with Crippen LogP contribution >= 0.6 is 0 Å². The Morgan fingerprint density at radius 2 is 2.35 bits per heavy atom. The van der Waals surface area contributed by atoms with Crippen molar-refractivity contribution in [2.75, 3.05) is 18.4 Å². The molecule has 0 atom stereocenters. The lowest BCUT2D eigenvalue weighted by molar-refractivity contribution is 0.0946. The number of hydrogen-bond acceptors (Lipinski definition) is 4. The van der Waals surface area contributed by atoms with Gasteiger partial charge in [0.1, 0.15) is 0 Å². The molecule has 6 heteroatoms. The molecule has 2 aromatic rings. The SMILES string of the molecule is CCCNc1nccc(-c2cc3c([nH]2)CCNC3=O)n1. The third-order valence-corrected chi connectivity index (χ3v) is 3.27. The molecule has 0 spiro atoms. The van der Waals surface area contributed by atoms with Crippen molar-refractivity contribution in [1.82, 2.24) is 20.3 Å². The highest BCUT2D eigenvalue weighted by atomic mass is 16.1. The lowest BCUT2D eigenvalue weighted by Gasteiger charge is -2.10. The number of rotatable bonds is 4. The van der Waals surface area contributed by atoms with Crippen molar-refractivity contribution < 1.29 is 4.79 Å². The van der Waals surface area contributed by atoms with E-state index in [9.17, 15) is 4.79 Å². The van der Waals surface area contributed by atoms with Crippen molar-refractivity contribution in [3.8, 4) is 11.4 Å². The third kappa shape index (κ3) is 2.36. The summed E-state index contributed by atoms with van der Waals surface area (Å²) < 4.78 is 0. The maximum Gasteiger partial charge on any atom is 0.253 e. The molecule has 3 heterocycles. The van der Waals surface area contributed by atoms with Gasteiger partial charge in [-0.2, -0.15) is 0 Å². The van der Waals surface area contributed by atoms with Gasteiger partial charge in [0.25, 0.3) is 5.91 Å². The minimum absolute atomic E-state index is 0.0212. The lowest BCUT2D eigenvalue weighted by Crippen LogP contribution is -2.31. The van der Waals surface area contributed by atoms with Crippen LogP contribution in [0.4, 0.5) is 5.95 Å². The molecule has 3 rings (SSSR count). The monoisotopic (exact) mass is 271 g/mol. The quantitative estimate of drug-likeness (QED) is 0.788. The number of aromatic nitrogens is 3. The number of amides is 1. The predicted octanol–water partition coefficient (Wildman–Crippen LogP) is 1.58. The average molecular weight is 271 g/mol. The van der Waals surface area contributed by atoms with Crippen molar-refractivity contribution >= 4 is 11.9 Å². The maximum atomic E-state index is 11.8. The molecule has 1 amide bonds. The van der Waals surface area contributed by atoms with Crippen molar-refractivity contribution in [2.24, 2.45) is 0 Å². The van der Waals surface area contributed by atoms with Gasteiger partial charge in [-0.3, -0.25) is 4.79 Å². The predicted molar refractivity (Wildman–Crippen MR) is 76.6 cm³/mol. The van der Waals surface area contributed by atoms with Crippen LogP contribution in [-0.4, -0.2) is 33.9 Å². The Hall–Kier alpha value is -2.37. The first-order valence-corrected chi connectivity index (χ1v) is 6.85. The first kappa shape index (κ1) is 12.7. The van der Waals surface area contributed by atoms with Crippen LogP contribution in [0.15, 0.2) is 18.3 Å². The summed E-state index contributed by atoms with van der Waals surface area (Å²) >= 11 is 0. The molecule has 0 bridgehead atoms. The summed E-state index contributed by atoms with van der Waals surface area (Å²) in [6.07, 6.45) is 3.57. The summed E-state index contributed by atoms with van der Waals surface area (Å²) in [7, 11) is 0. The van der Waals surface area contributed by atoms with E-state index in [4.69, 9.17) is 0 Å². The molecule has 0 aliphatic carbocycles. The molecular formula is C14H17N5O. The van der Waals surface area contributed by atoms with E-state index in [0.717, 1.165) is 36.5 Å². The molecule has 104 valence electrons. The number of carbonyl (C=O) groups is 1. The van der Waals surface area contributed by atoms with Crippen LogP contribution in [0.1, 0.15) is 29.4 Å². The summed E-state index contributed by atoms with van der Waals surface area (Å²) in [5.41, 5.74) is 3.34. The fraction of sp³-hybridized carbons (Fsp3) is 0.357.